The molecule has 0 aliphatic carbocycles. The second-order valence-corrected chi connectivity index (χ2v) is 20.3. The highest BCUT2D eigenvalue weighted by Crippen LogP contribution is 2.51. The van der Waals surface area contributed by atoms with Crippen LogP contribution in [0.1, 0.15) is 88.5 Å². The topological polar surface area (TPSA) is 15.3 Å². The molecule has 342 valence electrons. The number of para-hydroxylation sites is 2. The molecular formula is C66H58N4. The van der Waals surface area contributed by atoms with Gasteiger partial charge < -0.3 is 18.6 Å². The van der Waals surface area contributed by atoms with Crippen LogP contribution in [-0.4, -0.2) is 8.80 Å². The summed E-state index contributed by atoms with van der Waals surface area (Å²) in [6, 6.07) is 69.4. The van der Waals surface area contributed by atoms with E-state index < -0.39 is 0 Å². The number of fused-ring (bicyclic) bond motifs is 12. The highest BCUT2D eigenvalue weighted by molar-refractivity contribution is 6.32. The molecule has 0 amide bonds. The zero-order chi connectivity index (χ0) is 47.4. The van der Waals surface area contributed by atoms with E-state index in [4.69, 9.17) is 0 Å². The largest absolute Gasteiger partial charge is 0.310 e. The van der Waals surface area contributed by atoms with E-state index >= 15 is 0 Å². The fraction of sp³-hybridized carbons (Fsp3) is 0.182. The summed E-state index contributed by atoms with van der Waals surface area (Å²) in [5.74, 6) is 0.915. The van der Waals surface area contributed by atoms with Crippen LogP contribution in [0.3, 0.4) is 0 Å². The van der Waals surface area contributed by atoms with Crippen molar-refractivity contribution in [3.8, 4) is 0 Å². The first-order valence-corrected chi connectivity index (χ1v) is 25.6. The minimum absolute atomic E-state index is 0.458. The van der Waals surface area contributed by atoms with Gasteiger partial charge in [-0.1, -0.05) is 139 Å². The zero-order valence-corrected chi connectivity index (χ0v) is 41.1. The van der Waals surface area contributed by atoms with Crippen molar-refractivity contribution in [1.82, 2.24) is 8.80 Å². The molecule has 9 aromatic carbocycles. The first-order chi connectivity index (χ1) is 34.3. The molecule has 13 rings (SSSR count). The van der Waals surface area contributed by atoms with Gasteiger partial charge in [-0.05, 0) is 144 Å². The lowest BCUT2D eigenvalue weighted by atomic mass is 9.99. The quantitative estimate of drug-likeness (QED) is 0.121. The van der Waals surface area contributed by atoms with Gasteiger partial charge in [0.2, 0.25) is 0 Å². The maximum absolute atomic E-state index is 2.59. The molecule has 0 aliphatic rings. The number of hydrogen-bond donors (Lipinski definition) is 0. The molecule has 4 heteroatoms. The lowest BCUT2D eigenvalue weighted by Gasteiger charge is -2.27. The second-order valence-electron chi connectivity index (χ2n) is 20.3. The lowest BCUT2D eigenvalue weighted by molar-refractivity contribution is 0.866. The normalized spacial score (nSPS) is 12.3. The van der Waals surface area contributed by atoms with E-state index in [9.17, 15) is 0 Å². The van der Waals surface area contributed by atoms with Gasteiger partial charge in [0, 0.05) is 65.8 Å². The van der Waals surface area contributed by atoms with Crippen molar-refractivity contribution in [2.24, 2.45) is 0 Å². The summed E-state index contributed by atoms with van der Waals surface area (Å²) in [7, 11) is 0. The summed E-state index contributed by atoms with van der Waals surface area (Å²) >= 11 is 0. The van der Waals surface area contributed by atoms with E-state index in [2.05, 4.69) is 242 Å². The van der Waals surface area contributed by atoms with Crippen molar-refractivity contribution >= 4 is 110 Å². The van der Waals surface area contributed by atoms with Crippen LogP contribution in [0.5, 0.6) is 0 Å². The third kappa shape index (κ3) is 6.35. The van der Waals surface area contributed by atoms with Crippen LogP contribution in [0.15, 0.2) is 182 Å². The Morgan fingerprint density at radius 3 is 1.11 bits per heavy atom. The second kappa shape index (κ2) is 16.4. The van der Waals surface area contributed by atoms with Crippen molar-refractivity contribution < 1.29 is 0 Å². The first kappa shape index (κ1) is 42.3. The molecule has 0 radical (unpaired) electrons. The molecule has 0 spiro atoms. The predicted octanol–water partition coefficient (Wildman–Crippen LogP) is 19.1. The predicted molar refractivity (Wildman–Crippen MR) is 301 cm³/mol. The molecular weight excluding hydrogens is 849 g/mol. The fourth-order valence-corrected chi connectivity index (χ4v) is 12.0. The van der Waals surface area contributed by atoms with E-state index in [0.717, 1.165) is 48.4 Å². The van der Waals surface area contributed by atoms with Crippen LogP contribution in [0.4, 0.5) is 34.1 Å². The monoisotopic (exact) mass is 906 g/mol. The summed E-state index contributed by atoms with van der Waals surface area (Å²) in [5.41, 5.74) is 20.0. The number of nitrogens with zero attached hydrogens (tertiary/aromatic N) is 4. The number of hydrogen-bond acceptors (Lipinski definition) is 2. The Morgan fingerprint density at radius 2 is 0.743 bits per heavy atom. The van der Waals surface area contributed by atoms with Crippen molar-refractivity contribution in [1.29, 1.82) is 0 Å². The third-order valence-electron chi connectivity index (χ3n) is 15.3. The van der Waals surface area contributed by atoms with Crippen molar-refractivity contribution in [3.05, 3.63) is 204 Å². The van der Waals surface area contributed by atoms with Gasteiger partial charge in [-0.15, -0.1) is 0 Å². The van der Waals surface area contributed by atoms with Crippen LogP contribution in [0, 0.1) is 0 Å². The number of aromatic nitrogens is 2. The molecule has 0 bridgehead atoms. The molecule has 0 saturated carbocycles. The number of anilines is 6. The van der Waals surface area contributed by atoms with Crippen molar-refractivity contribution in [3.63, 3.8) is 0 Å². The van der Waals surface area contributed by atoms with Gasteiger partial charge in [-0.25, -0.2) is 0 Å². The Hall–Kier alpha value is -7.82. The Bertz CT molecular complexity index is 3800. The van der Waals surface area contributed by atoms with Gasteiger partial charge >= 0.3 is 0 Å². The maximum atomic E-state index is 2.59. The van der Waals surface area contributed by atoms with Crippen LogP contribution < -0.4 is 9.80 Å². The highest BCUT2D eigenvalue weighted by Gasteiger charge is 2.28. The summed E-state index contributed by atoms with van der Waals surface area (Å²) in [6.45, 7) is 13.6. The molecule has 0 N–H and O–H groups in total. The summed E-state index contributed by atoms with van der Waals surface area (Å²) in [6.07, 6.45) is 4.30. The molecule has 4 heterocycles. The van der Waals surface area contributed by atoms with E-state index in [-0.39, 0.29) is 0 Å². The van der Waals surface area contributed by atoms with Gasteiger partial charge in [0.25, 0.3) is 0 Å². The third-order valence-corrected chi connectivity index (χ3v) is 15.3. The SMILES string of the molecule is CCCc1ccc2c(c1)c1c(N(c3ccccc3)c3ccc(C(C)C)cc3)ccc3c4cc5c(cc4n2c31)c1ccc(N(c2ccccc2)c2ccc(C(C)C)cc2)c2c3cc(CCC)ccc3n5c12. The summed E-state index contributed by atoms with van der Waals surface area (Å²) in [4.78, 5) is 4.95. The van der Waals surface area contributed by atoms with Gasteiger partial charge in [0.05, 0.1) is 44.5 Å². The standard InChI is InChI=1S/C66H58N4/c1-7-15-43-21-33-57-55(37-43)63-59(67(47-17-11-9-12-18-47)49-27-23-45(24-28-49)41(3)4)35-31-51-53-40-62-54(39-61(53)69(57)65(51)63)52-32-36-60(64-56-38-44(16-8-2)22-34-58(56)70(62)66(52)64)68(48-19-13-10-14-20-48)50-29-25-46(26-30-50)42(5)6/h9-14,17-42H,7-8,15-16H2,1-6H3. The van der Waals surface area contributed by atoms with E-state index in [0.29, 0.717) is 11.8 Å². The maximum Gasteiger partial charge on any atom is 0.0641 e. The van der Waals surface area contributed by atoms with Crippen LogP contribution in [-0.2, 0) is 12.8 Å². The Labute approximate surface area is 410 Å². The Kier molecular flexibility index (Phi) is 9.92. The molecule has 0 unspecified atom stereocenters. The molecule has 0 saturated heterocycles. The number of aryl methyl sites for hydroxylation is 2. The van der Waals surface area contributed by atoms with Crippen molar-refractivity contribution in [2.75, 3.05) is 9.80 Å². The van der Waals surface area contributed by atoms with Crippen LogP contribution in [0.2, 0.25) is 0 Å². The lowest BCUT2D eigenvalue weighted by Crippen LogP contribution is -2.10. The Morgan fingerprint density at radius 1 is 0.357 bits per heavy atom. The average molecular weight is 907 g/mol. The minimum Gasteiger partial charge on any atom is -0.310 e. The van der Waals surface area contributed by atoms with E-state index in [1.54, 1.807) is 0 Å². The molecule has 0 aliphatic heterocycles. The van der Waals surface area contributed by atoms with Crippen LogP contribution in [0.25, 0.3) is 76.2 Å². The smallest absolute Gasteiger partial charge is 0.0641 e. The Balaban J connectivity index is 1.12. The number of benzene rings is 9. The zero-order valence-electron chi connectivity index (χ0n) is 41.1. The highest BCUT2D eigenvalue weighted by atomic mass is 15.2. The molecule has 70 heavy (non-hydrogen) atoms. The van der Waals surface area contributed by atoms with E-state index in [1.807, 2.05) is 0 Å². The summed E-state index contributed by atoms with van der Waals surface area (Å²) < 4.78 is 5.18. The number of rotatable bonds is 12. The first-order valence-electron chi connectivity index (χ1n) is 25.6. The molecule has 0 fully saturated rings. The minimum atomic E-state index is 0.458. The molecule has 13 aromatic rings. The fourth-order valence-electron chi connectivity index (χ4n) is 12.0. The van der Waals surface area contributed by atoms with Crippen LogP contribution >= 0.6 is 0 Å². The molecule has 0 atom stereocenters. The van der Waals surface area contributed by atoms with Gasteiger partial charge in [0.1, 0.15) is 0 Å². The van der Waals surface area contributed by atoms with Crippen molar-refractivity contribution in [2.45, 2.75) is 79.1 Å². The van der Waals surface area contributed by atoms with Gasteiger partial charge in [0.15, 0.2) is 0 Å². The average Bonchev–Trinajstić information content (AvgIpc) is 4.11. The van der Waals surface area contributed by atoms with Gasteiger partial charge in [-0.3, -0.25) is 0 Å². The summed E-state index contributed by atoms with van der Waals surface area (Å²) in [5, 5.41) is 10.3. The molecule has 4 nitrogen and oxygen atoms in total. The molecule has 4 aromatic heterocycles. The van der Waals surface area contributed by atoms with E-state index in [1.165, 1.54) is 110 Å². The van der Waals surface area contributed by atoms with Gasteiger partial charge in [-0.2, -0.15) is 0 Å².